The van der Waals surface area contributed by atoms with Crippen molar-refractivity contribution >= 4 is 43.6 Å². The number of halogens is 3. The SMILES string of the molecule is N#Cc1ccc(-c2cc(-n3c4cc(-c5nc(-c6ccccc6)nc(-c6ccccc6)n5)ccc4c4ccc(-c5nc(-c6ccccc6)nc(-c6ccccc6)n5)cc43)c(C#N)c(-n3c4cc(-c5nc(-c6ccccc6)nc(-c6ccccc6)n5)ccc4c4ccc(-c5nc(-c6ccccc6)nc(-c6ccccc6)n5)cc43)c2)c(C(F)(F)F)c1. The zero-order valence-corrected chi connectivity index (χ0v) is 62.2. The quantitative estimate of drug-likeness (QED) is 0.0934. The topological polar surface area (TPSA) is 212 Å². The molecule has 20 rings (SSSR count). The number of nitrogens with zero attached hydrogens (tertiary/aromatic N) is 16. The van der Waals surface area contributed by atoms with Gasteiger partial charge in [-0.2, -0.15) is 23.7 Å². The highest BCUT2D eigenvalue weighted by molar-refractivity contribution is 6.13. The van der Waals surface area contributed by atoms with Crippen LogP contribution in [0, 0.1) is 22.7 Å². The van der Waals surface area contributed by atoms with Crippen LogP contribution in [-0.2, 0) is 6.18 Å². The molecule has 6 aromatic heterocycles. The van der Waals surface area contributed by atoms with Crippen molar-refractivity contribution in [3.8, 4) is 171 Å². The van der Waals surface area contributed by atoms with Crippen molar-refractivity contribution in [2.45, 2.75) is 6.18 Å². The fourth-order valence-electron chi connectivity index (χ4n) is 15.2. The van der Waals surface area contributed by atoms with Crippen LogP contribution < -0.4 is 0 Å². The van der Waals surface area contributed by atoms with Gasteiger partial charge in [-0.3, -0.25) is 0 Å². The molecule has 20 aromatic rings. The number of hydrogen-bond acceptors (Lipinski definition) is 14. The highest BCUT2D eigenvalue weighted by Gasteiger charge is 2.36. The van der Waals surface area contributed by atoms with Crippen LogP contribution in [-0.4, -0.2) is 68.9 Å². The molecule has 0 radical (unpaired) electrons. The van der Waals surface area contributed by atoms with Crippen molar-refractivity contribution in [1.29, 1.82) is 10.5 Å². The minimum absolute atomic E-state index is 0.0294. The predicted octanol–water partition coefficient (Wildman–Crippen LogP) is 23.1. The molecule has 0 saturated carbocycles. The van der Waals surface area contributed by atoms with E-state index in [2.05, 4.69) is 6.07 Å². The molecule has 0 amide bonds. The summed E-state index contributed by atoms with van der Waals surface area (Å²) in [6, 6.07) is 112. The Kier molecular flexibility index (Phi) is 17.7. The molecule has 0 atom stereocenters. The summed E-state index contributed by atoms with van der Waals surface area (Å²) in [5.74, 6) is 4.54. The van der Waals surface area contributed by atoms with Crippen LogP contribution in [0.3, 0.4) is 0 Å². The van der Waals surface area contributed by atoms with Gasteiger partial charge in [-0.15, -0.1) is 0 Å². The van der Waals surface area contributed by atoms with Gasteiger partial charge in [-0.05, 0) is 59.7 Å². The monoisotopic (exact) mass is 1530 g/mol. The Bertz CT molecular complexity index is 6420. The highest BCUT2D eigenvalue weighted by atomic mass is 19.4. The summed E-state index contributed by atoms with van der Waals surface area (Å²) in [7, 11) is 0. The predicted molar refractivity (Wildman–Crippen MR) is 454 cm³/mol. The average molecular weight is 1530 g/mol. The first-order valence-electron chi connectivity index (χ1n) is 37.9. The van der Waals surface area contributed by atoms with Crippen LogP contribution >= 0.6 is 0 Å². The zero-order chi connectivity index (χ0) is 79.4. The Morgan fingerprint density at radius 2 is 0.441 bits per heavy atom. The van der Waals surface area contributed by atoms with E-state index in [9.17, 15) is 10.5 Å². The average Bonchev–Trinajstić information content (AvgIpc) is 1.10. The molecular weight excluding hydrogens is 1470 g/mol. The first-order valence-corrected chi connectivity index (χ1v) is 37.9. The summed E-state index contributed by atoms with van der Waals surface area (Å²) < 4.78 is 53.2. The molecule has 554 valence electrons. The summed E-state index contributed by atoms with van der Waals surface area (Å²) in [6.07, 6.45) is -5.02. The number of fused-ring (bicyclic) bond motifs is 6. The number of aromatic nitrogens is 14. The van der Waals surface area contributed by atoms with Gasteiger partial charge in [0.2, 0.25) is 0 Å². The normalized spacial score (nSPS) is 11.5. The minimum atomic E-state index is -5.02. The second kappa shape index (κ2) is 29.5. The third-order valence-corrected chi connectivity index (χ3v) is 20.8. The second-order valence-corrected chi connectivity index (χ2v) is 28.1. The van der Waals surface area contributed by atoms with E-state index in [1.54, 1.807) is 12.1 Å². The van der Waals surface area contributed by atoms with Crippen molar-refractivity contribution in [1.82, 2.24) is 68.9 Å². The lowest BCUT2D eigenvalue weighted by Crippen LogP contribution is -2.09. The molecular formula is C99H57F3N16. The lowest BCUT2D eigenvalue weighted by molar-refractivity contribution is -0.137. The van der Waals surface area contributed by atoms with Crippen LogP contribution in [0.5, 0.6) is 0 Å². The summed E-state index contributed by atoms with van der Waals surface area (Å²) >= 11 is 0. The fourth-order valence-corrected chi connectivity index (χ4v) is 15.2. The molecule has 0 saturated heterocycles. The van der Waals surface area contributed by atoms with Crippen LogP contribution in [0.25, 0.3) is 203 Å². The first kappa shape index (κ1) is 70.6. The number of alkyl halides is 3. The smallest absolute Gasteiger partial charge is 0.308 e. The number of rotatable bonds is 15. The molecule has 0 aliphatic heterocycles. The molecule has 118 heavy (non-hydrogen) atoms. The third-order valence-electron chi connectivity index (χ3n) is 20.8. The van der Waals surface area contributed by atoms with Crippen molar-refractivity contribution in [3.63, 3.8) is 0 Å². The standard InChI is InChI=1S/C99H57F3N16/c100-99(101,102)80-51-60(58-103)41-46-74(80)73-56-85(117-81-52-69(95-109-87(61-25-9-1-10-26-61)105-88(110-95)62-27-11-2-12-28-62)42-47-75(81)76-48-43-70(53-82(76)117)96-111-89(63-29-13-3-14-30-63)106-90(112-96)64-31-15-4-16-32-64)79(59-104)86(57-73)118-83-54-71(97-113-91(65-33-17-5-18-34-65)107-92(114-97)66-35-19-6-20-36-66)44-49-77(83)78-50-45-72(55-84(78)118)98-115-93(67-37-21-7-22-38-67)108-94(116-98)68-39-23-8-24-40-68/h1-57H. The Morgan fingerprint density at radius 3 is 0.644 bits per heavy atom. The molecule has 6 heterocycles. The van der Waals surface area contributed by atoms with E-state index in [1.807, 2.05) is 331 Å². The van der Waals surface area contributed by atoms with E-state index in [4.69, 9.17) is 59.8 Å². The van der Waals surface area contributed by atoms with Crippen molar-refractivity contribution in [3.05, 3.63) is 362 Å². The maximum Gasteiger partial charge on any atom is 0.417 e. The van der Waals surface area contributed by atoms with Crippen LogP contribution in [0.1, 0.15) is 16.7 Å². The van der Waals surface area contributed by atoms with Gasteiger partial charge in [0.15, 0.2) is 69.9 Å². The van der Waals surface area contributed by atoms with Crippen LogP contribution in [0.4, 0.5) is 13.2 Å². The van der Waals surface area contributed by atoms with Crippen LogP contribution in [0.2, 0.25) is 0 Å². The van der Waals surface area contributed by atoms with Gasteiger partial charge in [0.25, 0.3) is 0 Å². The largest absolute Gasteiger partial charge is 0.417 e. The summed E-state index contributed by atoms with van der Waals surface area (Å²) in [5.41, 5.74) is 8.99. The number of nitriles is 2. The third kappa shape index (κ3) is 13.2. The van der Waals surface area contributed by atoms with Crippen molar-refractivity contribution in [2.75, 3.05) is 0 Å². The van der Waals surface area contributed by atoms with E-state index < -0.39 is 11.7 Å². The summed E-state index contributed by atoms with van der Waals surface area (Å²) in [5, 5.41) is 26.0. The minimum Gasteiger partial charge on any atom is -0.308 e. The highest BCUT2D eigenvalue weighted by Crippen LogP contribution is 2.47. The van der Waals surface area contributed by atoms with Crippen molar-refractivity contribution < 1.29 is 13.2 Å². The van der Waals surface area contributed by atoms with E-state index in [0.717, 1.165) is 50.6 Å². The van der Waals surface area contributed by atoms with Crippen LogP contribution in [0.15, 0.2) is 346 Å². The van der Waals surface area contributed by atoms with E-state index in [-0.39, 0.29) is 33.6 Å². The fraction of sp³-hybridized carbons (Fsp3) is 0.0101. The van der Waals surface area contributed by atoms with Gasteiger partial charge in [0.05, 0.1) is 50.6 Å². The van der Waals surface area contributed by atoms with E-state index in [1.165, 1.54) is 12.1 Å². The van der Waals surface area contributed by atoms with Gasteiger partial charge in [0.1, 0.15) is 11.6 Å². The lowest BCUT2D eigenvalue weighted by atomic mass is 9.94. The molecule has 0 bridgehead atoms. The van der Waals surface area contributed by atoms with Gasteiger partial charge in [-0.1, -0.05) is 297 Å². The molecule has 19 heteroatoms. The maximum atomic E-state index is 16.5. The summed E-state index contributed by atoms with van der Waals surface area (Å²) in [4.78, 5) is 61.7. The van der Waals surface area contributed by atoms with Gasteiger partial charge >= 0.3 is 6.18 Å². The molecule has 14 aromatic carbocycles. The molecule has 16 nitrogen and oxygen atoms in total. The van der Waals surface area contributed by atoms with Gasteiger partial charge in [0, 0.05) is 88.3 Å². The maximum absolute atomic E-state index is 16.5. The summed E-state index contributed by atoms with van der Waals surface area (Å²) in [6.45, 7) is 0. The molecule has 0 fully saturated rings. The first-order chi connectivity index (χ1) is 58.0. The van der Waals surface area contributed by atoms with Crippen molar-refractivity contribution in [2.24, 2.45) is 0 Å². The number of benzene rings is 14. The molecule has 0 spiro atoms. The zero-order valence-electron chi connectivity index (χ0n) is 62.2. The Labute approximate surface area is 672 Å². The molecule has 0 unspecified atom stereocenters. The molecule has 0 N–H and O–H groups in total. The van der Waals surface area contributed by atoms with E-state index in [0.29, 0.717) is 136 Å². The molecule has 0 aliphatic carbocycles. The van der Waals surface area contributed by atoms with Gasteiger partial charge in [-0.25, -0.2) is 59.8 Å². The number of hydrogen-bond donors (Lipinski definition) is 0. The van der Waals surface area contributed by atoms with Gasteiger partial charge < -0.3 is 9.13 Å². The Balaban J connectivity index is 0.915. The second-order valence-electron chi connectivity index (χ2n) is 28.1. The lowest BCUT2D eigenvalue weighted by Gasteiger charge is -2.20. The van der Waals surface area contributed by atoms with E-state index >= 15 is 13.2 Å². The Morgan fingerprint density at radius 1 is 0.220 bits per heavy atom. The Hall–Kier alpha value is -16.5. The molecule has 0 aliphatic rings.